The number of nitrogens with one attached hydrogen (secondary N) is 2. The maximum Gasteiger partial charge on any atom is 0.242 e. The summed E-state index contributed by atoms with van der Waals surface area (Å²) in [5.41, 5.74) is 2.15. The van der Waals surface area contributed by atoms with Crippen molar-refractivity contribution in [2.24, 2.45) is 0 Å². The second kappa shape index (κ2) is 9.62. The fourth-order valence-corrected chi connectivity index (χ4v) is 4.35. The predicted molar refractivity (Wildman–Crippen MR) is 121 cm³/mol. The lowest BCUT2D eigenvalue weighted by atomic mass is 10.1. The number of halogens is 2. The number of hydrogen-bond donors (Lipinski definition) is 2. The summed E-state index contributed by atoms with van der Waals surface area (Å²) >= 11 is 11.9. The van der Waals surface area contributed by atoms with Crippen molar-refractivity contribution in [3.8, 4) is 0 Å². The first-order valence-electron chi connectivity index (χ1n) is 9.13. The van der Waals surface area contributed by atoms with Crippen LogP contribution in [0.25, 0.3) is 0 Å². The second-order valence-electron chi connectivity index (χ2n) is 6.77. The standard InChI is InChI=1S/C22H20Cl2N2O3S/c1-15-7-8-18(24)14-20(15)25-22(27)21(13-16-5-3-2-4-6-16)26-30(28,29)19-11-9-17(23)10-12-19/h2-12,14,21,26H,13H2,1H3,(H,25,27). The first-order chi connectivity index (χ1) is 14.2. The van der Waals surface area contributed by atoms with Crippen molar-refractivity contribution in [3.63, 3.8) is 0 Å². The molecule has 3 aromatic carbocycles. The van der Waals surface area contributed by atoms with E-state index in [0.717, 1.165) is 11.1 Å². The first-order valence-corrected chi connectivity index (χ1v) is 11.4. The molecule has 0 saturated carbocycles. The number of hydrogen-bond acceptors (Lipinski definition) is 3. The molecule has 3 rings (SSSR count). The van der Waals surface area contributed by atoms with E-state index in [4.69, 9.17) is 23.2 Å². The lowest BCUT2D eigenvalue weighted by Crippen LogP contribution is -2.45. The van der Waals surface area contributed by atoms with Crippen LogP contribution in [0.2, 0.25) is 10.0 Å². The van der Waals surface area contributed by atoms with Crippen LogP contribution in [0, 0.1) is 6.92 Å². The number of benzene rings is 3. The Labute approximate surface area is 186 Å². The summed E-state index contributed by atoms with van der Waals surface area (Å²) in [5, 5.41) is 3.67. The molecule has 1 atom stereocenters. The summed E-state index contributed by atoms with van der Waals surface area (Å²) in [4.78, 5) is 13.1. The van der Waals surface area contributed by atoms with E-state index in [9.17, 15) is 13.2 Å². The van der Waals surface area contributed by atoms with Gasteiger partial charge in [-0.25, -0.2) is 8.42 Å². The van der Waals surface area contributed by atoms with E-state index < -0.39 is 22.0 Å². The van der Waals surface area contributed by atoms with Crippen LogP contribution in [-0.2, 0) is 21.2 Å². The molecule has 0 radical (unpaired) electrons. The summed E-state index contributed by atoms with van der Waals surface area (Å²) in [5.74, 6) is -0.484. The third kappa shape index (κ3) is 5.83. The Balaban J connectivity index is 1.88. The Morgan fingerprint density at radius 2 is 1.57 bits per heavy atom. The summed E-state index contributed by atoms with van der Waals surface area (Å²) < 4.78 is 28.2. The number of sulfonamides is 1. The minimum absolute atomic E-state index is 0.0247. The van der Waals surface area contributed by atoms with Gasteiger partial charge in [0.1, 0.15) is 6.04 Å². The van der Waals surface area contributed by atoms with Crippen LogP contribution in [0.3, 0.4) is 0 Å². The van der Waals surface area contributed by atoms with Gasteiger partial charge in [0.05, 0.1) is 4.90 Å². The monoisotopic (exact) mass is 462 g/mol. The zero-order chi connectivity index (χ0) is 21.7. The largest absolute Gasteiger partial charge is 0.324 e. The maximum atomic E-state index is 13.0. The molecule has 30 heavy (non-hydrogen) atoms. The predicted octanol–water partition coefficient (Wildman–Crippen LogP) is 4.83. The average molecular weight is 463 g/mol. The molecule has 0 aliphatic rings. The average Bonchev–Trinajstić information content (AvgIpc) is 2.71. The molecular formula is C22H20Cl2N2O3S. The van der Waals surface area contributed by atoms with Crippen molar-refractivity contribution >= 4 is 44.8 Å². The molecule has 5 nitrogen and oxygen atoms in total. The van der Waals surface area contributed by atoms with Gasteiger partial charge in [0.15, 0.2) is 0 Å². The molecule has 0 bridgehead atoms. The van der Waals surface area contributed by atoms with Gasteiger partial charge < -0.3 is 5.32 Å². The van der Waals surface area contributed by atoms with Crippen LogP contribution in [0.1, 0.15) is 11.1 Å². The highest BCUT2D eigenvalue weighted by atomic mass is 35.5. The van der Waals surface area contributed by atoms with Crippen molar-refractivity contribution in [3.05, 3.63) is 94.0 Å². The highest BCUT2D eigenvalue weighted by Crippen LogP contribution is 2.21. The van der Waals surface area contributed by atoms with E-state index in [1.807, 2.05) is 37.3 Å². The molecular weight excluding hydrogens is 443 g/mol. The molecule has 0 aliphatic heterocycles. The molecule has 1 amide bonds. The lowest BCUT2D eigenvalue weighted by Gasteiger charge is -2.19. The van der Waals surface area contributed by atoms with Gasteiger partial charge in [0.25, 0.3) is 0 Å². The van der Waals surface area contributed by atoms with Gasteiger partial charge in [-0.05, 0) is 60.9 Å². The van der Waals surface area contributed by atoms with Crippen LogP contribution in [0.5, 0.6) is 0 Å². The summed E-state index contributed by atoms with van der Waals surface area (Å²) in [6, 6.07) is 19.0. The second-order valence-corrected chi connectivity index (χ2v) is 9.35. The normalized spacial score (nSPS) is 12.4. The van der Waals surface area contributed by atoms with Crippen LogP contribution >= 0.6 is 23.2 Å². The third-order valence-electron chi connectivity index (χ3n) is 4.48. The van der Waals surface area contributed by atoms with E-state index >= 15 is 0 Å². The summed E-state index contributed by atoms with van der Waals surface area (Å²) in [7, 11) is -3.95. The minimum atomic E-state index is -3.95. The number of aryl methyl sites for hydroxylation is 1. The maximum absolute atomic E-state index is 13.0. The minimum Gasteiger partial charge on any atom is -0.324 e. The van der Waals surface area contributed by atoms with E-state index in [0.29, 0.717) is 15.7 Å². The topological polar surface area (TPSA) is 75.3 Å². The molecule has 0 aromatic heterocycles. The quantitative estimate of drug-likeness (QED) is 0.527. The fraction of sp³-hybridized carbons (Fsp3) is 0.136. The Kier molecular flexibility index (Phi) is 7.15. The van der Waals surface area contributed by atoms with Crippen molar-refractivity contribution < 1.29 is 13.2 Å². The van der Waals surface area contributed by atoms with Gasteiger partial charge in [0, 0.05) is 15.7 Å². The smallest absolute Gasteiger partial charge is 0.242 e. The van der Waals surface area contributed by atoms with Gasteiger partial charge in [-0.3, -0.25) is 4.79 Å². The molecule has 0 saturated heterocycles. The zero-order valence-electron chi connectivity index (χ0n) is 16.1. The van der Waals surface area contributed by atoms with Gasteiger partial charge in [-0.2, -0.15) is 4.72 Å². The Hall–Kier alpha value is -2.38. The van der Waals surface area contributed by atoms with Crippen molar-refractivity contribution in [1.82, 2.24) is 4.72 Å². The van der Waals surface area contributed by atoms with Gasteiger partial charge in [0.2, 0.25) is 15.9 Å². The molecule has 1 unspecified atom stereocenters. The van der Waals surface area contributed by atoms with Gasteiger partial charge in [-0.1, -0.05) is 59.6 Å². The molecule has 156 valence electrons. The summed E-state index contributed by atoms with van der Waals surface area (Å²) in [6.07, 6.45) is 0.180. The van der Waals surface area contributed by atoms with Crippen LogP contribution < -0.4 is 10.0 Å². The molecule has 8 heteroatoms. The number of carbonyl (C=O) groups excluding carboxylic acids is 1. The molecule has 3 aromatic rings. The molecule has 2 N–H and O–H groups in total. The van der Waals surface area contributed by atoms with E-state index in [1.165, 1.54) is 24.3 Å². The van der Waals surface area contributed by atoms with E-state index in [2.05, 4.69) is 10.0 Å². The zero-order valence-corrected chi connectivity index (χ0v) is 18.4. The van der Waals surface area contributed by atoms with Crippen molar-refractivity contribution in [2.75, 3.05) is 5.32 Å². The highest BCUT2D eigenvalue weighted by Gasteiger charge is 2.26. The molecule has 0 fully saturated rings. The van der Waals surface area contributed by atoms with Crippen molar-refractivity contribution in [1.29, 1.82) is 0 Å². The lowest BCUT2D eigenvalue weighted by molar-refractivity contribution is -0.117. The van der Waals surface area contributed by atoms with Crippen LogP contribution in [0.15, 0.2) is 77.7 Å². The van der Waals surface area contributed by atoms with E-state index in [-0.39, 0.29) is 11.3 Å². The number of carbonyl (C=O) groups is 1. The van der Waals surface area contributed by atoms with Crippen LogP contribution in [-0.4, -0.2) is 20.4 Å². The van der Waals surface area contributed by atoms with E-state index in [1.54, 1.807) is 18.2 Å². The number of amides is 1. The Morgan fingerprint density at radius 3 is 2.23 bits per heavy atom. The molecule has 0 aliphatic carbocycles. The van der Waals surface area contributed by atoms with Gasteiger partial charge in [-0.15, -0.1) is 0 Å². The van der Waals surface area contributed by atoms with Gasteiger partial charge >= 0.3 is 0 Å². The van der Waals surface area contributed by atoms with Crippen molar-refractivity contribution in [2.45, 2.75) is 24.3 Å². The first kappa shape index (κ1) is 22.3. The fourth-order valence-electron chi connectivity index (χ4n) is 2.86. The number of rotatable bonds is 7. The SMILES string of the molecule is Cc1ccc(Cl)cc1NC(=O)C(Cc1ccccc1)NS(=O)(=O)c1ccc(Cl)cc1. The Bertz CT molecular complexity index is 1130. The molecule has 0 heterocycles. The number of anilines is 1. The molecule has 0 spiro atoms. The summed E-state index contributed by atoms with van der Waals surface area (Å²) in [6.45, 7) is 1.83. The Morgan fingerprint density at radius 1 is 0.933 bits per heavy atom. The third-order valence-corrected chi connectivity index (χ3v) is 6.45. The van der Waals surface area contributed by atoms with Crippen LogP contribution in [0.4, 0.5) is 5.69 Å². The highest BCUT2D eigenvalue weighted by molar-refractivity contribution is 7.89.